The van der Waals surface area contributed by atoms with Gasteiger partial charge in [-0.15, -0.1) is 60.8 Å². The highest BCUT2D eigenvalue weighted by Crippen LogP contribution is 2.46. The molecule has 8 heterocycles. The summed E-state index contributed by atoms with van der Waals surface area (Å²) in [5.41, 5.74) is 32.9. The molecule has 5 aromatic carbocycles. The van der Waals surface area contributed by atoms with E-state index in [4.69, 9.17) is 250 Å². The van der Waals surface area contributed by atoms with Gasteiger partial charge in [0, 0.05) is 50.9 Å². The number of imide groups is 1. The first-order valence-corrected chi connectivity index (χ1v) is 48.5. The second-order valence-electron chi connectivity index (χ2n) is 30.5. The van der Waals surface area contributed by atoms with Crippen molar-refractivity contribution in [3.8, 4) is 52.3 Å². The van der Waals surface area contributed by atoms with Crippen molar-refractivity contribution in [2.45, 2.75) is 146 Å². The molecule has 54 heteroatoms. The molecule has 3 unspecified atom stereocenters. The summed E-state index contributed by atoms with van der Waals surface area (Å²) in [6.07, 6.45) is 22.6. The number of nitrogens with zero attached hydrogens (tertiary/aromatic N) is 17. The Hall–Kier alpha value is -10.5. The molecule has 140 heavy (non-hydrogen) atoms. The van der Waals surface area contributed by atoms with Gasteiger partial charge in [0.2, 0.25) is 29.3 Å². The molecule has 734 valence electrons. The van der Waals surface area contributed by atoms with E-state index in [1.165, 1.54) is 75.2 Å². The zero-order valence-corrected chi connectivity index (χ0v) is 85.4. The molecule has 37 nitrogen and oxygen atoms in total. The van der Waals surface area contributed by atoms with E-state index in [0.717, 1.165) is 139 Å². The van der Waals surface area contributed by atoms with Crippen LogP contribution in [0.2, 0.25) is 76.3 Å². The van der Waals surface area contributed by atoms with E-state index in [-0.39, 0.29) is 98.4 Å². The molecule has 0 saturated carbocycles. The van der Waals surface area contributed by atoms with Crippen LogP contribution in [0.25, 0.3) is 10.5 Å². The molecule has 6 aliphatic carbocycles. The fraction of sp³-hybridized carbons (Fsp3) is 0.302. The minimum atomic E-state index is -1.03. The summed E-state index contributed by atoms with van der Waals surface area (Å²) in [4.78, 5) is 66.2. The Bertz CT molecular complexity index is 6690. The van der Waals surface area contributed by atoms with E-state index in [0.29, 0.717) is 106 Å². The molecule has 19 rings (SSSR count). The van der Waals surface area contributed by atoms with Crippen molar-refractivity contribution < 1.29 is 38.4 Å². The summed E-state index contributed by atoms with van der Waals surface area (Å²) in [5.74, 6) is 0.688. The van der Waals surface area contributed by atoms with Gasteiger partial charge in [0.15, 0.2) is 44.2 Å². The highest BCUT2D eigenvalue weighted by atomic mass is 35.5. The Morgan fingerprint density at radius 1 is 0.543 bits per heavy atom. The van der Waals surface area contributed by atoms with E-state index in [2.05, 4.69) is 114 Å². The third-order valence-electron chi connectivity index (χ3n) is 21.3. The molecule has 1 fully saturated rings. The summed E-state index contributed by atoms with van der Waals surface area (Å²) in [5, 5.41) is 74.1. The number of fused-ring (bicyclic) bond motifs is 3. The van der Waals surface area contributed by atoms with Gasteiger partial charge in [-0.25, -0.2) is 14.7 Å². The van der Waals surface area contributed by atoms with Crippen LogP contribution in [0.15, 0.2) is 125 Å². The first-order valence-electron chi connectivity index (χ1n) is 42.0. The molecule has 13 N–H and O–H groups in total. The number of benzene rings is 5. The number of likely N-dealkylation sites (tertiary alicyclic amines) is 1. The number of hydrogen-bond donors (Lipinski definition) is 10. The Morgan fingerprint density at radius 2 is 0.964 bits per heavy atom. The number of aromatic nitrogens is 13. The summed E-state index contributed by atoms with van der Waals surface area (Å²) in [6, 6.07) is 17.2. The summed E-state index contributed by atoms with van der Waals surface area (Å²) >= 11 is 101. The number of aromatic hydroxyl groups is 1. The number of nitrogen functional groups attached to an aromatic ring is 3. The molecule has 5 aromatic heterocycles. The quantitative estimate of drug-likeness (QED) is 0.00793. The van der Waals surface area contributed by atoms with Gasteiger partial charge in [0.25, 0.3) is 27.6 Å². The number of nitriles is 1. The maximum atomic E-state index is 12.0. The molecule has 3 atom stereocenters. The van der Waals surface area contributed by atoms with Gasteiger partial charge in [-0.05, 0) is 259 Å². The number of phenols is 1. The van der Waals surface area contributed by atoms with Crippen LogP contribution in [-0.4, -0.2) is 142 Å². The minimum absolute atomic E-state index is 0.00519. The lowest BCUT2D eigenvalue weighted by Gasteiger charge is -2.21. The van der Waals surface area contributed by atoms with Crippen LogP contribution in [0, 0.1) is 17.9 Å². The number of halogens is 17. The van der Waals surface area contributed by atoms with Crippen LogP contribution >= 0.6 is 197 Å². The number of ether oxygens (including phenoxy) is 5. The van der Waals surface area contributed by atoms with Crippen molar-refractivity contribution >= 4 is 255 Å². The average molecular weight is 2250 g/mol. The number of amides is 2. The molecule has 10 aromatic rings. The lowest BCUT2D eigenvalue weighted by atomic mass is 10.1. The summed E-state index contributed by atoms with van der Waals surface area (Å²) in [6.45, 7) is 11.3. The van der Waals surface area contributed by atoms with Gasteiger partial charge in [0.1, 0.15) is 17.1 Å². The number of rotatable bonds is 12. The Morgan fingerprint density at radius 3 is 1.43 bits per heavy atom. The molecule has 9 aliphatic rings. The number of H-pyrrole nitrogens is 2. The van der Waals surface area contributed by atoms with Gasteiger partial charge in [0.05, 0.1) is 68.2 Å². The summed E-state index contributed by atoms with van der Waals surface area (Å²) < 4.78 is 28.5. The number of phenolic OH excluding ortho intramolecular Hbond substituents is 1. The highest BCUT2D eigenvalue weighted by molar-refractivity contribution is 6.47. The smallest absolute Gasteiger partial charge is 0.414 e. The maximum absolute atomic E-state index is 12.0. The number of hydrazone groups is 3. The standard InChI is InChI=1S/C19H17Cl3N6O4.C17H10Cl2N6O4.C13H12Cl3N3O.C13H10Cl3N3O.C9H15N.C7H6Cl2N2.C6H5Cl2NO.C2Cl2N4/c1-2-31-19(30)24-17(29)14(8-23)26-25-9-6-12(20)15(13(21)7-9)32-18-11-5-3-4-10(11)16(22)27-28-18;1-20-13-15(27)21-17(28)25(24-13)7-5-10(18)12(11(19)6-7)29-16-9-4-2-3-8(9)14(26)22-23-16;2*14-9-4-6(17)5-10(15)11(9)20-13-8-3-1-2-7(8)12(16)18-19-13;1-2-6-9(5-1)10-7-3-4-8-10;8-6-4-2-1-3-5(4)7(9)11-10-6;7-4-1-3(9)2-5(8)6(4)10;3-1-5-7-2(4)8-6-1/h6-7,16,25,27H,2-5H2,1H3,(H,24,29,30);5-6H,2-4H2,(H,22,26)(H,21,27,28);4-5,12,18H,1-3,17H2;4-5H,1-3,17H2;1,5,9H,2-4,6-8H2;1-3H2;1-2,10H,9H2;/b26-14+;;;;;;;. The van der Waals surface area contributed by atoms with Gasteiger partial charge >= 0.3 is 17.6 Å². The van der Waals surface area contributed by atoms with Gasteiger partial charge in [-0.2, -0.15) is 10.4 Å². The lowest BCUT2D eigenvalue weighted by Crippen LogP contribution is -2.36. The first kappa shape index (κ1) is 108. The number of aromatic amines is 2. The van der Waals surface area contributed by atoms with Gasteiger partial charge in [-0.1, -0.05) is 193 Å². The molecule has 0 radical (unpaired) electrons. The van der Waals surface area contributed by atoms with E-state index in [1.807, 2.05) is 10.3 Å². The fourth-order valence-corrected chi connectivity index (χ4v) is 19.2. The van der Waals surface area contributed by atoms with Crippen LogP contribution in [0.4, 0.5) is 33.4 Å². The van der Waals surface area contributed by atoms with E-state index in [9.17, 15) is 24.0 Å². The number of alkyl halides is 2. The molecular weight excluding hydrogens is 2180 g/mol. The largest absolute Gasteiger partial charge is 0.505 e. The number of carbonyl (C=O) groups excluding carboxylic acids is 2. The molecule has 0 spiro atoms. The number of allylic oxidation sites excluding steroid dienone is 1. The number of hydrogen-bond acceptors (Lipinski definition) is 32. The fourth-order valence-electron chi connectivity index (χ4n) is 14.9. The van der Waals surface area contributed by atoms with Crippen molar-refractivity contribution in [2.75, 3.05) is 42.3 Å². The van der Waals surface area contributed by atoms with E-state index in [1.54, 1.807) is 37.3 Å². The highest BCUT2D eigenvalue weighted by Gasteiger charge is 2.34. The zero-order valence-electron chi connectivity index (χ0n) is 72.5. The van der Waals surface area contributed by atoms with Crippen LogP contribution < -0.4 is 74.6 Å². The zero-order chi connectivity index (χ0) is 101. The van der Waals surface area contributed by atoms with Crippen molar-refractivity contribution in [3.05, 3.63) is 247 Å². The molecule has 0 bridgehead atoms. The van der Waals surface area contributed by atoms with E-state index < -0.39 is 34.8 Å². The topological polar surface area (TPSA) is 512 Å². The van der Waals surface area contributed by atoms with Crippen LogP contribution in [0.3, 0.4) is 0 Å². The summed E-state index contributed by atoms with van der Waals surface area (Å²) in [7, 11) is 0. The molecule has 2 amide bonds. The molecule has 1 saturated heterocycles. The number of alkyl carbamates (subject to hydrolysis) is 1. The number of nitrogens with one attached hydrogen (secondary N) is 6. The van der Waals surface area contributed by atoms with Crippen molar-refractivity contribution in [1.29, 1.82) is 5.26 Å². The van der Waals surface area contributed by atoms with Crippen molar-refractivity contribution in [3.63, 3.8) is 0 Å². The second kappa shape index (κ2) is 51.0. The van der Waals surface area contributed by atoms with Crippen LogP contribution in [0.1, 0.15) is 124 Å². The Kier molecular flexibility index (Phi) is 39.4. The third-order valence-corrected chi connectivity index (χ3v) is 26.0. The Labute approximate surface area is 881 Å². The van der Waals surface area contributed by atoms with Crippen LogP contribution in [-0.2, 0) is 48.1 Å². The van der Waals surface area contributed by atoms with Crippen molar-refractivity contribution in [1.82, 2.24) is 86.8 Å². The SMILES string of the molecule is C1=CC(N2CCCC2)CC1.CCOC(=O)NC(=O)/C(C#N)=N/Nc1cc(Cl)c(OC2=NNC(Cl)C3=C2CCC3)c(Cl)c1.Clc1nnc(Cl)c2c1CCC2.Clc1nnc(Cl)nn1.Nc1cc(Cl)c(O)c(Cl)c1.Nc1cc(Cl)c(OC2=NNC(Cl)C3=C2CCC3)c(Cl)c1.Nc1cc(Cl)c(Oc2nnc(Cl)c3c2CCC3)c(Cl)c1.[C-]#[N+]c1nn(-c2cc(Cl)c(Oc3n[nH]c(=O)c4c3CCC4)c(Cl)c2)c(=O)[nH]c1=O. The molecular formula is C86H75Cl17N26O11. The van der Waals surface area contributed by atoms with Crippen molar-refractivity contribution in [2.24, 2.45) is 15.3 Å². The first-order chi connectivity index (χ1) is 67.0. The second-order valence-corrected chi connectivity index (χ2v) is 37.2. The number of carbonyl (C=O) groups is 2. The van der Waals surface area contributed by atoms with Crippen LogP contribution in [0.5, 0.6) is 40.5 Å². The Balaban J connectivity index is 0.000000149. The lowest BCUT2D eigenvalue weighted by molar-refractivity contribution is -0.114. The molecule has 3 aliphatic heterocycles. The predicted molar refractivity (Wildman–Crippen MR) is 544 cm³/mol. The third kappa shape index (κ3) is 28.3. The average Bonchev–Trinajstić information content (AvgIpc) is 1.57. The maximum Gasteiger partial charge on any atom is 0.414 e. The predicted octanol–water partition coefficient (Wildman–Crippen LogP) is 21.2. The number of nitrogens with two attached hydrogens (primary N) is 3. The van der Waals surface area contributed by atoms with Gasteiger partial charge in [-0.3, -0.25) is 45.9 Å². The van der Waals surface area contributed by atoms with Gasteiger partial charge < -0.3 is 50.8 Å². The number of anilines is 4. The monoisotopic (exact) mass is 2240 g/mol. The normalized spacial score (nSPS) is 16.4. The minimum Gasteiger partial charge on any atom is -0.505 e. The van der Waals surface area contributed by atoms with E-state index >= 15 is 0 Å².